The van der Waals surface area contributed by atoms with Crippen molar-refractivity contribution < 1.29 is 22.7 Å². The molecule has 0 spiro atoms. The Morgan fingerprint density at radius 2 is 1.81 bits per heavy atom. The topological polar surface area (TPSA) is 119 Å². The van der Waals surface area contributed by atoms with Gasteiger partial charge < -0.3 is 15.8 Å². The van der Waals surface area contributed by atoms with Gasteiger partial charge in [-0.3, -0.25) is 9.59 Å². The summed E-state index contributed by atoms with van der Waals surface area (Å²) in [7, 11) is -3.67. The Balaban J connectivity index is 1.72. The Morgan fingerprint density at radius 3 is 2.44 bits per heavy atom. The van der Waals surface area contributed by atoms with Gasteiger partial charge in [0.05, 0.1) is 10.5 Å². The predicted octanol–water partition coefficient (Wildman–Crippen LogP) is 1.01. The van der Waals surface area contributed by atoms with E-state index < -0.39 is 15.9 Å². The van der Waals surface area contributed by atoms with Gasteiger partial charge in [0.1, 0.15) is 5.75 Å². The first-order valence-electron chi connectivity index (χ1n) is 9.24. The van der Waals surface area contributed by atoms with Crippen LogP contribution in [0.5, 0.6) is 5.75 Å². The van der Waals surface area contributed by atoms with Crippen LogP contribution in [0.1, 0.15) is 48.9 Å². The third-order valence-electron chi connectivity index (χ3n) is 5.00. The second-order valence-electron chi connectivity index (χ2n) is 6.97. The van der Waals surface area contributed by atoms with E-state index in [1.807, 2.05) is 0 Å². The molecule has 0 aromatic heterocycles. The maximum absolute atomic E-state index is 12.6. The summed E-state index contributed by atoms with van der Waals surface area (Å²) in [6.07, 6.45) is 5.76. The van der Waals surface area contributed by atoms with Gasteiger partial charge in [-0.25, -0.2) is 8.42 Å². The molecule has 1 saturated heterocycles. The number of ether oxygens (including phenoxy) is 1. The Morgan fingerprint density at radius 1 is 1.15 bits per heavy atom. The van der Waals surface area contributed by atoms with Gasteiger partial charge >= 0.3 is 0 Å². The van der Waals surface area contributed by atoms with E-state index in [4.69, 9.17) is 10.5 Å². The number of carbonyl (C=O) groups is 2. The van der Waals surface area contributed by atoms with Crippen molar-refractivity contribution in [2.45, 2.75) is 49.5 Å². The molecule has 3 rings (SSSR count). The largest absolute Gasteiger partial charge is 0.483 e. The van der Waals surface area contributed by atoms with E-state index in [-0.39, 0.29) is 34.8 Å². The Kier molecular flexibility index (Phi) is 6.01. The van der Waals surface area contributed by atoms with Crippen LogP contribution in [-0.2, 0) is 14.8 Å². The van der Waals surface area contributed by atoms with Gasteiger partial charge in [0.15, 0.2) is 6.61 Å². The van der Waals surface area contributed by atoms with Crippen molar-refractivity contribution in [1.82, 2.24) is 9.62 Å². The van der Waals surface area contributed by atoms with Crippen molar-refractivity contribution in [3.8, 4) is 5.75 Å². The molecule has 1 saturated carbocycles. The standard InChI is InChI=1S/C18H25N3O5S/c19-18(23)15-11-14(27(24,25)21-9-3-4-10-21)7-8-16(15)26-12-17(22)20-13-5-1-2-6-13/h7-8,11,13H,1-6,9-10,12H2,(H2,19,23)(H,20,22). The van der Waals surface area contributed by atoms with Gasteiger partial charge in [-0.05, 0) is 43.9 Å². The number of nitrogens with two attached hydrogens (primary N) is 1. The highest BCUT2D eigenvalue weighted by molar-refractivity contribution is 7.89. The summed E-state index contributed by atoms with van der Waals surface area (Å²) in [6.45, 7) is 0.677. The number of nitrogens with one attached hydrogen (secondary N) is 1. The van der Waals surface area contributed by atoms with Crippen molar-refractivity contribution in [3.63, 3.8) is 0 Å². The maximum Gasteiger partial charge on any atom is 0.258 e. The molecule has 0 atom stereocenters. The number of carbonyl (C=O) groups excluding carboxylic acids is 2. The first kappa shape index (κ1) is 19.6. The van der Waals surface area contributed by atoms with Gasteiger partial charge in [-0.15, -0.1) is 0 Å². The van der Waals surface area contributed by atoms with Gasteiger partial charge in [-0.2, -0.15) is 4.31 Å². The quantitative estimate of drug-likeness (QED) is 0.714. The third kappa shape index (κ3) is 4.59. The molecule has 1 aromatic carbocycles. The first-order chi connectivity index (χ1) is 12.9. The van der Waals surface area contributed by atoms with E-state index in [0.29, 0.717) is 13.1 Å². The fourth-order valence-electron chi connectivity index (χ4n) is 3.55. The number of hydrogen-bond acceptors (Lipinski definition) is 5. The number of sulfonamides is 1. The van der Waals surface area contributed by atoms with Crippen LogP contribution in [0.2, 0.25) is 0 Å². The normalized spacial score (nSPS) is 18.5. The monoisotopic (exact) mass is 395 g/mol. The van der Waals surface area contributed by atoms with Crippen molar-refractivity contribution in [3.05, 3.63) is 23.8 Å². The second kappa shape index (κ2) is 8.26. The van der Waals surface area contributed by atoms with Gasteiger partial charge in [0, 0.05) is 19.1 Å². The van der Waals surface area contributed by atoms with Crippen LogP contribution in [0, 0.1) is 0 Å². The van der Waals surface area contributed by atoms with E-state index in [1.165, 1.54) is 22.5 Å². The lowest BCUT2D eigenvalue weighted by Gasteiger charge is -2.17. The molecule has 2 aliphatic rings. The fourth-order valence-corrected chi connectivity index (χ4v) is 5.09. The van der Waals surface area contributed by atoms with Gasteiger partial charge in [0.2, 0.25) is 10.0 Å². The molecule has 9 heteroatoms. The van der Waals surface area contributed by atoms with Crippen LogP contribution < -0.4 is 15.8 Å². The molecular formula is C18H25N3O5S. The molecule has 1 aliphatic carbocycles. The van der Waals surface area contributed by atoms with Crippen molar-refractivity contribution >= 4 is 21.8 Å². The smallest absolute Gasteiger partial charge is 0.258 e. The zero-order valence-electron chi connectivity index (χ0n) is 15.1. The number of hydrogen-bond donors (Lipinski definition) is 2. The molecule has 2 fully saturated rings. The SMILES string of the molecule is NC(=O)c1cc(S(=O)(=O)N2CCCC2)ccc1OCC(=O)NC1CCCC1. The number of amides is 2. The van der Waals surface area contributed by atoms with Crippen molar-refractivity contribution in [1.29, 1.82) is 0 Å². The van der Waals surface area contributed by atoms with Crippen LogP contribution in [0.3, 0.4) is 0 Å². The average molecular weight is 395 g/mol. The lowest BCUT2D eigenvalue weighted by molar-refractivity contribution is -0.123. The second-order valence-corrected chi connectivity index (χ2v) is 8.91. The molecule has 2 amide bonds. The Hall–Kier alpha value is -2.13. The van der Waals surface area contributed by atoms with Crippen molar-refractivity contribution in [2.24, 2.45) is 5.73 Å². The van der Waals surface area contributed by atoms with Gasteiger partial charge in [-0.1, -0.05) is 12.8 Å². The average Bonchev–Trinajstić information content (AvgIpc) is 3.33. The summed E-state index contributed by atoms with van der Waals surface area (Å²) in [5.74, 6) is -0.977. The van der Waals surface area contributed by atoms with Crippen LogP contribution in [-0.4, -0.2) is 50.3 Å². The van der Waals surface area contributed by atoms with Gasteiger partial charge in [0.25, 0.3) is 11.8 Å². The number of benzene rings is 1. The molecule has 0 unspecified atom stereocenters. The summed E-state index contributed by atoms with van der Waals surface area (Å²) >= 11 is 0. The van der Waals surface area contributed by atoms with E-state index in [1.54, 1.807) is 0 Å². The molecule has 8 nitrogen and oxygen atoms in total. The van der Waals surface area contributed by atoms with E-state index in [9.17, 15) is 18.0 Å². The van der Waals surface area contributed by atoms with Crippen LogP contribution in [0.4, 0.5) is 0 Å². The Labute approximate surface area is 159 Å². The minimum Gasteiger partial charge on any atom is -0.483 e. The minimum atomic E-state index is -3.67. The van der Waals surface area contributed by atoms with Crippen molar-refractivity contribution in [2.75, 3.05) is 19.7 Å². The lowest BCUT2D eigenvalue weighted by Crippen LogP contribution is -2.36. The molecule has 1 heterocycles. The summed E-state index contributed by atoms with van der Waals surface area (Å²) in [6, 6.07) is 4.15. The maximum atomic E-state index is 12.6. The Bertz CT molecular complexity index is 812. The third-order valence-corrected chi connectivity index (χ3v) is 6.89. The highest BCUT2D eigenvalue weighted by Crippen LogP contribution is 2.26. The highest BCUT2D eigenvalue weighted by atomic mass is 32.2. The highest BCUT2D eigenvalue weighted by Gasteiger charge is 2.28. The molecule has 148 valence electrons. The zero-order valence-corrected chi connectivity index (χ0v) is 16.0. The van der Waals surface area contributed by atoms with Crippen LogP contribution in [0.25, 0.3) is 0 Å². The molecule has 1 aromatic rings. The van der Waals surface area contributed by atoms with E-state index in [2.05, 4.69) is 5.32 Å². The molecule has 27 heavy (non-hydrogen) atoms. The summed E-state index contributed by atoms with van der Waals surface area (Å²) in [4.78, 5) is 23.8. The van der Waals surface area contributed by atoms with E-state index in [0.717, 1.165) is 38.5 Å². The number of nitrogens with zero attached hydrogens (tertiary/aromatic N) is 1. The number of rotatable bonds is 7. The summed E-state index contributed by atoms with van der Waals surface area (Å²) < 4.78 is 32.1. The minimum absolute atomic E-state index is 0.000886. The van der Waals surface area contributed by atoms with E-state index >= 15 is 0 Å². The van der Waals surface area contributed by atoms with Crippen LogP contribution >= 0.6 is 0 Å². The molecular weight excluding hydrogens is 370 g/mol. The summed E-state index contributed by atoms with van der Waals surface area (Å²) in [5.41, 5.74) is 5.34. The fraction of sp³-hybridized carbons (Fsp3) is 0.556. The summed E-state index contributed by atoms with van der Waals surface area (Å²) in [5, 5.41) is 2.89. The molecule has 3 N–H and O–H groups in total. The zero-order chi connectivity index (χ0) is 19.4. The molecule has 1 aliphatic heterocycles. The first-order valence-corrected chi connectivity index (χ1v) is 10.7. The van der Waals surface area contributed by atoms with Crippen LogP contribution in [0.15, 0.2) is 23.1 Å². The predicted molar refractivity (Wildman–Crippen MR) is 98.8 cm³/mol. The molecule has 0 radical (unpaired) electrons. The number of primary amides is 1. The molecule has 0 bridgehead atoms. The lowest BCUT2D eigenvalue weighted by atomic mass is 10.2.